The van der Waals surface area contributed by atoms with E-state index in [4.69, 9.17) is 9.52 Å². The van der Waals surface area contributed by atoms with Crippen molar-refractivity contribution in [1.82, 2.24) is 0 Å². The summed E-state index contributed by atoms with van der Waals surface area (Å²) in [6.45, 7) is 2.11. The average molecular weight is 180 g/mol. The Morgan fingerprint density at radius 3 is 3.08 bits per heavy atom. The van der Waals surface area contributed by atoms with Crippen LogP contribution in [0.15, 0.2) is 10.5 Å². The van der Waals surface area contributed by atoms with Crippen LogP contribution >= 0.6 is 0 Å². The summed E-state index contributed by atoms with van der Waals surface area (Å²) in [4.78, 5) is 10.6. The molecule has 3 nitrogen and oxygen atoms in total. The second-order valence-corrected chi connectivity index (χ2v) is 3.59. The van der Waals surface area contributed by atoms with E-state index in [9.17, 15) is 4.79 Å². The van der Waals surface area contributed by atoms with Crippen molar-refractivity contribution in [2.75, 3.05) is 0 Å². The molecular formula is C10H12O3. The van der Waals surface area contributed by atoms with Crippen LogP contribution in [-0.4, -0.2) is 11.1 Å². The van der Waals surface area contributed by atoms with E-state index in [1.807, 2.05) is 0 Å². The summed E-state index contributed by atoms with van der Waals surface area (Å²) in [5.41, 5.74) is 1.09. The van der Waals surface area contributed by atoms with Crippen LogP contribution < -0.4 is 0 Å². The molecule has 1 heterocycles. The monoisotopic (exact) mass is 180 g/mol. The van der Waals surface area contributed by atoms with E-state index in [2.05, 4.69) is 6.92 Å². The Labute approximate surface area is 76.4 Å². The van der Waals surface area contributed by atoms with Crippen LogP contribution in [-0.2, 0) is 6.42 Å². The Morgan fingerprint density at radius 2 is 2.46 bits per heavy atom. The third-order valence-electron chi connectivity index (χ3n) is 2.62. The molecular weight excluding hydrogens is 168 g/mol. The van der Waals surface area contributed by atoms with E-state index in [1.165, 1.54) is 0 Å². The van der Waals surface area contributed by atoms with Crippen LogP contribution in [0.5, 0.6) is 0 Å². The molecule has 0 aromatic carbocycles. The van der Waals surface area contributed by atoms with Crippen molar-refractivity contribution in [2.24, 2.45) is 0 Å². The van der Waals surface area contributed by atoms with Gasteiger partial charge >= 0.3 is 5.97 Å². The second-order valence-electron chi connectivity index (χ2n) is 3.59. The maximum absolute atomic E-state index is 10.6. The second kappa shape index (κ2) is 2.91. The molecule has 0 aliphatic heterocycles. The fraction of sp³-hybridized carbons (Fsp3) is 0.500. The Kier molecular flexibility index (Phi) is 1.87. The number of fused-ring (bicyclic) bond motifs is 1. The third kappa shape index (κ3) is 1.34. The normalized spacial score (nSPS) is 21.2. The van der Waals surface area contributed by atoms with Gasteiger partial charge in [-0.1, -0.05) is 6.92 Å². The average Bonchev–Trinajstić information content (AvgIpc) is 2.49. The molecule has 0 radical (unpaired) electrons. The minimum atomic E-state index is -0.971. The molecule has 1 unspecified atom stereocenters. The summed E-state index contributed by atoms with van der Waals surface area (Å²) in [6, 6.07) is 1.67. The molecule has 0 saturated carbocycles. The van der Waals surface area contributed by atoms with Gasteiger partial charge in [0, 0.05) is 6.42 Å². The van der Waals surface area contributed by atoms with Crippen LogP contribution in [0.3, 0.4) is 0 Å². The van der Waals surface area contributed by atoms with Gasteiger partial charge in [-0.2, -0.15) is 0 Å². The van der Waals surface area contributed by atoms with Crippen molar-refractivity contribution in [2.45, 2.75) is 32.1 Å². The third-order valence-corrected chi connectivity index (χ3v) is 2.62. The number of aromatic carboxylic acids is 1. The van der Waals surface area contributed by atoms with Gasteiger partial charge in [0.15, 0.2) is 0 Å². The Hall–Kier alpha value is -1.25. The quantitative estimate of drug-likeness (QED) is 0.722. The van der Waals surface area contributed by atoms with Crippen molar-refractivity contribution < 1.29 is 14.3 Å². The lowest BCUT2D eigenvalue weighted by molar-refractivity contribution is 0.0660. The number of aryl methyl sites for hydroxylation is 1. The van der Waals surface area contributed by atoms with Gasteiger partial charge in [0.25, 0.3) is 0 Å². The molecule has 1 aromatic rings. The molecule has 3 heteroatoms. The summed E-state index contributed by atoms with van der Waals surface area (Å²) < 4.78 is 5.24. The highest BCUT2D eigenvalue weighted by atomic mass is 16.4. The fourth-order valence-corrected chi connectivity index (χ4v) is 1.88. The van der Waals surface area contributed by atoms with Crippen LogP contribution in [0.4, 0.5) is 0 Å². The Morgan fingerprint density at radius 1 is 1.69 bits per heavy atom. The first-order valence-corrected chi connectivity index (χ1v) is 4.54. The molecule has 0 spiro atoms. The number of carbonyl (C=O) groups is 1. The standard InChI is InChI=1S/C10H12O3/c1-6-3-2-4-8-7(6)5-9(13-8)10(11)12/h5-6H,2-4H2,1H3,(H,11,12). The summed E-state index contributed by atoms with van der Waals surface area (Å²) in [5.74, 6) is 0.428. The molecule has 0 fully saturated rings. The first-order chi connectivity index (χ1) is 6.18. The lowest BCUT2D eigenvalue weighted by Gasteiger charge is -2.16. The van der Waals surface area contributed by atoms with E-state index < -0.39 is 5.97 Å². The number of carboxylic acid groups (broad SMARTS) is 1. The fourth-order valence-electron chi connectivity index (χ4n) is 1.88. The molecule has 1 aromatic heterocycles. The van der Waals surface area contributed by atoms with Crippen LogP contribution in [0.1, 0.15) is 47.6 Å². The van der Waals surface area contributed by atoms with Crippen molar-refractivity contribution in [1.29, 1.82) is 0 Å². The molecule has 0 bridgehead atoms. The molecule has 0 amide bonds. The highest BCUT2D eigenvalue weighted by Gasteiger charge is 2.23. The SMILES string of the molecule is CC1CCCc2oc(C(=O)O)cc21. The van der Waals surface area contributed by atoms with E-state index in [0.717, 1.165) is 30.6 Å². The number of hydrogen-bond acceptors (Lipinski definition) is 2. The zero-order valence-corrected chi connectivity index (χ0v) is 7.54. The highest BCUT2D eigenvalue weighted by molar-refractivity contribution is 5.84. The van der Waals surface area contributed by atoms with E-state index in [-0.39, 0.29) is 5.76 Å². The molecule has 13 heavy (non-hydrogen) atoms. The van der Waals surface area contributed by atoms with Crippen molar-refractivity contribution in [3.05, 3.63) is 23.2 Å². The minimum absolute atomic E-state index is 0.0822. The molecule has 1 aliphatic rings. The summed E-state index contributed by atoms with van der Waals surface area (Å²) in [7, 11) is 0. The Balaban J connectivity index is 2.42. The number of carboxylic acids is 1. The first kappa shape index (κ1) is 8.35. The predicted molar refractivity (Wildman–Crippen MR) is 47.0 cm³/mol. The number of hydrogen-bond donors (Lipinski definition) is 1. The molecule has 1 N–H and O–H groups in total. The largest absolute Gasteiger partial charge is 0.475 e. The zero-order chi connectivity index (χ0) is 9.42. The van der Waals surface area contributed by atoms with Gasteiger partial charge in [0.2, 0.25) is 5.76 Å². The van der Waals surface area contributed by atoms with Crippen molar-refractivity contribution >= 4 is 5.97 Å². The van der Waals surface area contributed by atoms with E-state index >= 15 is 0 Å². The van der Waals surface area contributed by atoms with E-state index in [0.29, 0.717) is 5.92 Å². The first-order valence-electron chi connectivity index (χ1n) is 4.54. The van der Waals surface area contributed by atoms with Crippen LogP contribution in [0.25, 0.3) is 0 Å². The predicted octanol–water partition coefficient (Wildman–Crippen LogP) is 2.42. The highest BCUT2D eigenvalue weighted by Crippen LogP contribution is 2.33. The van der Waals surface area contributed by atoms with Gasteiger partial charge in [-0.15, -0.1) is 0 Å². The lowest BCUT2D eigenvalue weighted by atomic mass is 9.89. The maximum Gasteiger partial charge on any atom is 0.371 e. The molecule has 1 aliphatic carbocycles. The van der Waals surface area contributed by atoms with Crippen LogP contribution in [0.2, 0.25) is 0 Å². The Bertz CT molecular complexity index is 338. The van der Waals surface area contributed by atoms with Gasteiger partial charge in [-0.05, 0) is 30.4 Å². The van der Waals surface area contributed by atoms with Crippen LogP contribution in [0, 0.1) is 0 Å². The number of furan rings is 1. The molecule has 2 rings (SSSR count). The molecule has 70 valence electrons. The zero-order valence-electron chi connectivity index (χ0n) is 7.54. The maximum atomic E-state index is 10.6. The van der Waals surface area contributed by atoms with Gasteiger partial charge in [0.1, 0.15) is 5.76 Å². The number of rotatable bonds is 1. The van der Waals surface area contributed by atoms with E-state index in [1.54, 1.807) is 6.07 Å². The van der Waals surface area contributed by atoms with Gasteiger partial charge in [-0.25, -0.2) is 4.79 Å². The summed E-state index contributed by atoms with van der Waals surface area (Å²) in [5, 5.41) is 8.73. The summed E-state index contributed by atoms with van der Waals surface area (Å²) in [6.07, 6.45) is 3.11. The van der Waals surface area contributed by atoms with Gasteiger partial charge < -0.3 is 9.52 Å². The topological polar surface area (TPSA) is 50.4 Å². The minimum Gasteiger partial charge on any atom is -0.475 e. The van der Waals surface area contributed by atoms with Gasteiger partial charge in [-0.3, -0.25) is 0 Å². The summed E-state index contributed by atoms with van der Waals surface area (Å²) >= 11 is 0. The van der Waals surface area contributed by atoms with Crippen molar-refractivity contribution in [3.8, 4) is 0 Å². The molecule has 0 saturated heterocycles. The smallest absolute Gasteiger partial charge is 0.371 e. The molecule has 1 atom stereocenters. The lowest BCUT2D eigenvalue weighted by Crippen LogP contribution is -2.03. The van der Waals surface area contributed by atoms with Gasteiger partial charge in [0.05, 0.1) is 0 Å². The van der Waals surface area contributed by atoms with Crippen molar-refractivity contribution in [3.63, 3.8) is 0 Å².